The minimum Gasteiger partial charge on any atom is -0.370 e. The molecule has 2 atom stereocenters. The highest BCUT2D eigenvalue weighted by atomic mass is 16.6. The predicted octanol–water partition coefficient (Wildman–Crippen LogP) is 3.22. The van der Waals surface area contributed by atoms with Crippen molar-refractivity contribution in [2.45, 2.75) is 50.7 Å². The Balaban J connectivity index is 1.80. The normalized spacial score (nSPS) is 36.9. The van der Waals surface area contributed by atoms with Gasteiger partial charge in [-0.3, -0.25) is 0 Å². The Bertz CT molecular complexity index is 183. The largest absolute Gasteiger partial charge is 0.370 e. The first kappa shape index (κ1) is 9.01. The third-order valence-electron chi connectivity index (χ3n) is 2.76. The van der Waals surface area contributed by atoms with Crippen LogP contribution in [0.5, 0.6) is 0 Å². The standard InChI is InChI=1S/C12H18O/c1-2-4-6-8-10-12-11(13-12)9-7-5-3-1/h3-6,11-12H,1-2,7-10H2/b5-3-,6-4?/t11-,12-/m0/s1. The highest BCUT2D eigenvalue weighted by Crippen LogP contribution is 2.30. The molecule has 13 heavy (non-hydrogen) atoms. The van der Waals surface area contributed by atoms with Gasteiger partial charge in [-0.2, -0.15) is 0 Å². The fourth-order valence-electron chi connectivity index (χ4n) is 1.87. The number of hydrogen-bond acceptors (Lipinski definition) is 1. The zero-order valence-electron chi connectivity index (χ0n) is 8.11. The van der Waals surface area contributed by atoms with Crippen molar-refractivity contribution in [2.75, 3.05) is 0 Å². The minimum atomic E-state index is 0.581. The Morgan fingerprint density at radius 2 is 1.15 bits per heavy atom. The number of allylic oxidation sites excluding steroid dienone is 4. The number of epoxide rings is 1. The molecule has 1 heteroatoms. The molecule has 0 aromatic carbocycles. The molecule has 0 saturated carbocycles. The molecule has 0 amide bonds. The van der Waals surface area contributed by atoms with Crippen LogP contribution in [0.2, 0.25) is 0 Å². The lowest BCUT2D eigenvalue weighted by Crippen LogP contribution is -1.93. The van der Waals surface area contributed by atoms with Gasteiger partial charge in [0.25, 0.3) is 0 Å². The van der Waals surface area contributed by atoms with Gasteiger partial charge in [0.05, 0.1) is 12.2 Å². The van der Waals surface area contributed by atoms with Crippen molar-refractivity contribution >= 4 is 0 Å². The monoisotopic (exact) mass is 178 g/mol. The summed E-state index contributed by atoms with van der Waals surface area (Å²) in [6, 6.07) is 0. The first-order valence-corrected chi connectivity index (χ1v) is 5.42. The summed E-state index contributed by atoms with van der Waals surface area (Å²) in [6.07, 6.45) is 17.6. The smallest absolute Gasteiger partial charge is 0.0845 e. The van der Waals surface area contributed by atoms with Crippen LogP contribution in [-0.4, -0.2) is 12.2 Å². The Morgan fingerprint density at radius 1 is 0.692 bits per heavy atom. The molecule has 0 spiro atoms. The fourth-order valence-corrected chi connectivity index (χ4v) is 1.87. The zero-order valence-corrected chi connectivity index (χ0v) is 8.11. The summed E-state index contributed by atoms with van der Waals surface area (Å²) < 4.78 is 5.56. The summed E-state index contributed by atoms with van der Waals surface area (Å²) in [5, 5.41) is 0. The molecule has 1 aliphatic heterocycles. The lowest BCUT2D eigenvalue weighted by Gasteiger charge is -1.94. The molecule has 1 saturated heterocycles. The second-order valence-corrected chi connectivity index (χ2v) is 3.89. The Kier molecular flexibility index (Phi) is 3.20. The lowest BCUT2D eigenvalue weighted by molar-refractivity contribution is 0.357. The molecule has 2 rings (SSSR count). The topological polar surface area (TPSA) is 12.5 Å². The van der Waals surface area contributed by atoms with Crippen molar-refractivity contribution in [2.24, 2.45) is 0 Å². The van der Waals surface area contributed by atoms with Crippen LogP contribution in [0.4, 0.5) is 0 Å². The number of rotatable bonds is 0. The number of hydrogen-bond donors (Lipinski definition) is 0. The van der Waals surface area contributed by atoms with Gasteiger partial charge in [0.2, 0.25) is 0 Å². The summed E-state index contributed by atoms with van der Waals surface area (Å²) in [5.41, 5.74) is 0. The van der Waals surface area contributed by atoms with E-state index < -0.39 is 0 Å². The molecule has 2 aliphatic rings. The Labute approximate surface area is 80.5 Å². The fraction of sp³-hybridized carbons (Fsp3) is 0.667. The average molecular weight is 178 g/mol. The lowest BCUT2D eigenvalue weighted by atomic mass is 10.1. The van der Waals surface area contributed by atoms with E-state index in [-0.39, 0.29) is 0 Å². The molecule has 0 bridgehead atoms. The molecule has 0 aromatic heterocycles. The molecular weight excluding hydrogens is 160 g/mol. The maximum absolute atomic E-state index is 5.56. The summed E-state index contributed by atoms with van der Waals surface area (Å²) in [7, 11) is 0. The third-order valence-corrected chi connectivity index (χ3v) is 2.76. The van der Waals surface area contributed by atoms with E-state index in [9.17, 15) is 0 Å². The van der Waals surface area contributed by atoms with Crippen LogP contribution in [0.3, 0.4) is 0 Å². The quantitative estimate of drug-likeness (QED) is 0.410. The van der Waals surface area contributed by atoms with Crippen LogP contribution in [0, 0.1) is 0 Å². The second kappa shape index (κ2) is 4.61. The van der Waals surface area contributed by atoms with E-state index in [0.29, 0.717) is 12.2 Å². The second-order valence-electron chi connectivity index (χ2n) is 3.89. The van der Waals surface area contributed by atoms with E-state index in [2.05, 4.69) is 24.3 Å². The molecule has 1 nitrogen and oxygen atoms in total. The highest BCUT2D eigenvalue weighted by Gasteiger charge is 2.36. The van der Waals surface area contributed by atoms with E-state index in [4.69, 9.17) is 4.74 Å². The van der Waals surface area contributed by atoms with E-state index >= 15 is 0 Å². The van der Waals surface area contributed by atoms with Crippen LogP contribution in [0.25, 0.3) is 0 Å². The van der Waals surface area contributed by atoms with Gasteiger partial charge in [-0.05, 0) is 38.5 Å². The van der Waals surface area contributed by atoms with Crippen LogP contribution in [0.1, 0.15) is 38.5 Å². The number of ether oxygens (including phenoxy) is 1. The van der Waals surface area contributed by atoms with E-state index in [1.54, 1.807) is 0 Å². The minimum absolute atomic E-state index is 0.581. The van der Waals surface area contributed by atoms with Gasteiger partial charge >= 0.3 is 0 Å². The van der Waals surface area contributed by atoms with Gasteiger partial charge in [0.1, 0.15) is 0 Å². The zero-order chi connectivity index (χ0) is 8.93. The maximum Gasteiger partial charge on any atom is 0.0845 e. The molecule has 0 radical (unpaired) electrons. The molecule has 72 valence electrons. The van der Waals surface area contributed by atoms with Crippen LogP contribution in [0.15, 0.2) is 24.3 Å². The molecule has 0 N–H and O–H groups in total. The summed E-state index contributed by atoms with van der Waals surface area (Å²) in [4.78, 5) is 0. The molecule has 1 heterocycles. The van der Waals surface area contributed by atoms with E-state index in [1.165, 1.54) is 38.5 Å². The molecule has 1 aliphatic carbocycles. The molecular formula is C12H18O. The predicted molar refractivity (Wildman–Crippen MR) is 54.6 cm³/mol. The van der Waals surface area contributed by atoms with Crippen molar-refractivity contribution in [1.29, 1.82) is 0 Å². The van der Waals surface area contributed by atoms with Crippen LogP contribution in [-0.2, 0) is 4.74 Å². The van der Waals surface area contributed by atoms with Crippen molar-refractivity contribution in [3.05, 3.63) is 24.3 Å². The van der Waals surface area contributed by atoms with Crippen LogP contribution < -0.4 is 0 Å². The van der Waals surface area contributed by atoms with Crippen molar-refractivity contribution in [3.63, 3.8) is 0 Å². The van der Waals surface area contributed by atoms with Crippen molar-refractivity contribution in [3.8, 4) is 0 Å². The van der Waals surface area contributed by atoms with Gasteiger partial charge in [-0.15, -0.1) is 0 Å². The van der Waals surface area contributed by atoms with Crippen molar-refractivity contribution in [1.82, 2.24) is 0 Å². The maximum atomic E-state index is 5.56. The summed E-state index contributed by atoms with van der Waals surface area (Å²) >= 11 is 0. The first-order chi connectivity index (χ1) is 6.47. The van der Waals surface area contributed by atoms with Gasteiger partial charge in [-0.25, -0.2) is 0 Å². The van der Waals surface area contributed by atoms with Crippen molar-refractivity contribution < 1.29 is 4.74 Å². The van der Waals surface area contributed by atoms with Gasteiger partial charge in [0, 0.05) is 0 Å². The van der Waals surface area contributed by atoms with E-state index in [1.807, 2.05) is 0 Å². The SMILES string of the molecule is C1=CCC[C@@H]2O[C@H]2CC/C=C\CC1. The van der Waals surface area contributed by atoms with Gasteiger partial charge < -0.3 is 4.74 Å². The van der Waals surface area contributed by atoms with Gasteiger partial charge in [0.15, 0.2) is 0 Å². The number of fused-ring (bicyclic) bond motifs is 1. The summed E-state index contributed by atoms with van der Waals surface area (Å²) in [5.74, 6) is 0. The first-order valence-electron chi connectivity index (χ1n) is 5.42. The Morgan fingerprint density at radius 3 is 1.69 bits per heavy atom. The summed E-state index contributed by atoms with van der Waals surface area (Å²) in [6.45, 7) is 0. The molecule has 0 unspecified atom stereocenters. The van der Waals surface area contributed by atoms with Gasteiger partial charge in [-0.1, -0.05) is 24.3 Å². The average Bonchev–Trinajstić information content (AvgIpc) is 2.83. The third kappa shape index (κ3) is 3.00. The van der Waals surface area contributed by atoms with Crippen LogP contribution >= 0.6 is 0 Å². The molecule has 1 fully saturated rings. The Hall–Kier alpha value is -0.560. The highest BCUT2D eigenvalue weighted by molar-refractivity contribution is 4.94. The van der Waals surface area contributed by atoms with E-state index in [0.717, 1.165) is 0 Å². The molecule has 0 aromatic rings.